The number of rotatable bonds is 6. The van der Waals surface area contributed by atoms with E-state index in [9.17, 15) is 9.59 Å². The Morgan fingerprint density at radius 3 is 1.44 bits per heavy atom. The highest BCUT2D eigenvalue weighted by Crippen LogP contribution is 2.24. The van der Waals surface area contributed by atoms with Crippen LogP contribution in [0.4, 0.5) is 0 Å². The fourth-order valence-corrected chi connectivity index (χ4v) is 1.99. The summed E-state index contributed by atoms with van der Waals surface area (Å²) in [6.07, 6.45) is 3.32. The lowest BCUT2D eigenvalue weighted by atomic mass is 9.95. The van der Waals surface area contributed by atoms with Gasteiger partial charge in [-0.2, -0.15) is 0 Å². The van der Waals surface area contributed by atoms with Gasteiger partial charge in [-0.3, -0.25) is 9.59 Å². The lowest BCUT2D eigenvalue weighted by molar-refractivity contribution is -0.158. The van der Waals surface area contributed by atoms with Crippen LogP contribution in [0.2, 0.25) is 0 Å². The number of hydrogen-bond acceptors (Lipinski definition) is 6. The maximum Gasteiger partial charge on any atom is 0.307 e. The summed E-state index contributed by atoms with van der Waals surface area (Å²) in [7, 11) is 0. The van der Waals surface area contributed by atoms with Gasteiger partial charge in [0.25, 0.3) is 0 Å². The first-order chi connectivity index (χ1) is 8.65. The Morgan fingerprint density at radius 2 is 1.17 bits per heavy atom. The molecule has 0 bridgehead atoms. The van der Waals surface area contributed by atoms with Crippen LogP contribution in [0.25, 0.3) is 0 Å². The van der Waals surface area contributed by atoms with Crippen molar-refractivity contribution in [3.63, 3.8) is 0 Å². The van der Waals surface area contributed by atoms with E-state index in [2.05, 4.69) is 0 Å². The smallest absolute Gasteiger partial charge is 0.307 e. The Bertz CT molecular complexity index is 247. The van der Waals surface area contributed by atoms with Crippen molar-refractivity contribution in [2.24, 2.45) is 11.5 Å². The van der Waals surface area contributed by atoms with Crippen LogP contribution in [0.15, 0.2) is 0 Å². The summed E-state index contributed by atoms with van der Waals surface area (Å²) in [6.45, 7) is 0.621. The highest BCUT2D eigenvalue weighted by atomic mass is 16.6. The van der Waals surface area contributed by atoms with Crippen LogP contribution in [-0.2, 0) is 19.1 Å². The normalized spacial score (nSPS) is 23.4. The van der Waals surface area contributed by atoms with Crippen LogP contribution in [0.3, 0.4) is 0 Å². The molecule has 0 unspecified atom stereocenters. The van der Waals surface area contributed by atoms with Gasteiger partial charge in [0, 0.05) is 13.1 Å². The zero-order valence-electron chi connectivity index (χ0n) is 10.6. The van der Waals surface area contributed by atoms with E-state index in [0.29, 0.717) is 13.1 Å². The molecule has 0 aliphatic heterocycles. The SMILES string of the molecule is NCCC(=O)OC1CCC(OC(=O)CCN)CC1. The molecule has 0 atom stereocenters. The molecule has 0 spiro atoms. The van der Waals surface area contributed by atoms with Gasteiger partial charge in [-0.1, -0.05) is 0 Å². The van der Waals surface area contributed by atoms with E-state index in [1.165, 1.54) is 0 Å². The van der Waals surface area contributed by atoms with Crippen molar-refractivity contribution in [1.82, 2.24) is 0 Å². The number of esters is 2. The van der Waals surface area contributed by atoms with E-state index in [1.807, 2.05) is 0 Å². The van der Waals surface area contributed by atoms with E-state index in [4.69, 9.17) is 20.9 Å². The molecule has 18 heavy (non-hydrogen) atoms. The molecule has 0 heterocycles. The third-order valence-corrected chi connectivity index (χ3v) is 2.91. The third-order valence-electron chi connectivity index (χ3n) is 2.91. The zero-order valence-corrected chi connectivity index (χ0v) is 10.6. The lowest BCUT2D eigenvalue weighted by Crippen LogP contribution is -2.30. The number of carbonyl (C=O) groups is 2. The topological polar surface area (TPSA) is 105 Å². The van der Waals surface area contributed by atoms with Crippen molar-refractivity contribution in [2.45, 2.75) is 50.7 Å². The maximum atomic E-state index is 11.3. The van der Waals surface area contributed by atoms with Crippen molar-refractivity contribution in [1.29, 1.82) is 0 Å². The van der Waals surface area contributed by atoms with Crippen LogP contribution in [0.5, 0.6) is 0 Å². The predicted octanol–water partition coefficient (Wildman–Crippen LogP) is 0.0816. The number of nitrogens with two attached hydrogens (primary N) is 2. The zero-order chi connectivity index (χ0) is 13.4. The summed E-state index contributed by atoms with van der Waals surface area (Å²) in [6, 6.07) is 0. The van der Waals surface area contributed by atoms with Crippen molar-refractivity contribution in [3.8, 4) is 0 Å². The molecule has 0 aromatic heterocycles. The molecule has 1 saturated carbocycles. The highest BCUT2D eigenvalue weighted by molar-refractivity contribution is 5.70. The average molecular weight is 258 g/mol. The first kappa shape index (κ1) is 14.9. The van der Waals surface area contributed by atoms with Gasteiger partial charge in [-0.25, -0.2) is 0 Å². The monoisotopic (exact) mass is 258 g/mol. The van der Waals surface area contributed by atoms with Crippen LogP contribution >= 0.6 is 0 Å². The van der Waals surface area contributed by atoms with Crippen molar-refractivity contribution in [2.75, 3.05) is 13.1 Å². The molecule has 0 amide bonds. The molecule has 6 nitrogen and oxygen atoms in total. The Labute approximate surface area is 107 Å². The molecule has 1 aliphatic rings. The summed E-state index contributed by atoms with van der Waals surface area (Å²) in [5.41, 5.74) is 10.5. The van der Waals surface area contributed by atoms with Crippen LogP contribution in [0, 0.1) is 0 Å². The molecular formula is C12H22N2O4. The second-order valence-corrected chi connectivity index (χ2v) is 4.46. The van der Waals surface area contributed by atoms with Crippen LogP contribution in [0.1, 0.15) is 38.5 Å². The molecule has 1 fully saturated rings. The van der Waals surface area contributed by atoms with Gasteiger partial charge in [-0.15, -0.1) is 0 Å². The Kier molecular flexibility index (Phi) is 6.67. The summed E-state index contributed by atoms with van der Waals surface area (Å²) in [5, 5.41) is 0. The molecule has 0 aromatic rings. The van der Waals surface area contributed by atoms with E-state index in [-0.39, 0.29) is 37.0 Å². The van der Waals surface area contributed by atoms with E-state index < -0.39 is 0 Å². The molecule has 104 valence electrons. The first-order valence-corrected chi connectivity index (χ1v) is 6.44. The quantitative estimate of drug-likeness (QED) is 0.654. The predicted molar refractivity (Wildman–Crippen MR) is 65.6 cm³/mol. The Balaban J connectivity index is 2.20. The fraction of sp³-hybridized carbons (Fsp3) is 0.833. The van der Waals surface area contributed by atoms with Gasteiger partial charge in [-0.05, 0) is 25.7 Å². The van der Waals surface area contributed by atoms with Gasteiger partial charge in [0.1, 0.15) is 12.2 Å². The van der Waals surface area contributed by atoms with E-state index in [0.717, 1.165) is 25.7 Å². The largest absolute Gasteiger partial charge is 0.462 e. The summed E-state index contributed by atoms with van der Waals surface area (Å²) in [4.78, 5) is 22.5. The molecule has 1 aliphatic carbocycles. The minimum atomic E-state index is -0.249. The van der Waals surface area contributed by atoms with Gasteiger partial charge in [0.2, 0.25) is 0 Å². The minimum absolute atomic E-state index is 0.0616. The van der Waals surface area contributed by atoms with Gasteiger partial charge in [0.15, 0.2) is 0 Å². The maximum absolute atomic E-state index is 11.3. The van der Waals surface area contributed by atoms with E-state index >= 15 is 0 Å². The number of carbonyl (C=O) groups excluding carboxylic acids is 2. The molecule has 0 radical (unpaired) electrons. The highest BCUT2D eigenvalue weighted by Gasteiger charge is 2.25. The van der Waals surface area contributed by atoms with Gasteiger partial charge >= 0.3 is 11.9 Å². The van der Waals surface area contributed by atoms with Crippen LogP contribution in [-0.4, -0.2) is 37.2 Å². The average Bonchev–Trinajstić information content (AvgIpc) is 2.32. The fourth-order valence-electron chi connectivity index (χ4n) is 1.99. The van der Waals surface area contributed by atoms with Crippen LogP contribution < -0.4 is 11.5 Å². The Hall–Kier alpha value is -1.14. The molecular weight excluding hydrogens is 236 g/mol. The molecule has 1 rings (SSSR count). The van der Waals surface area contributed by atoms with Gasteiger partial charge < -0.3 is 20.9 Å². The lowest BCUT2D eigenvalue weighted by Gasteiger charge is -2.28. The number of hydrogen-bond donors (Lipinski definition) is 2. The second-order valence-electron chi connectivity index (χ2n) is 4.46. The van der Waals surface area contributed by atoms with Crippen molar-refractivity contribution < 1.29 is 19.1 Å². The summed E-state index contributed by atoms with van der Waals surface area (Å²) >= 11 is 0. The number of ether oxygens (including phenoxy) is 2. The summed E-state index contributed by atoms with van der Waals surface area (Å²) < 4.78 is 10.5. The van der Waals surface area contributed by atoms with E-state index in [1.54, 1.807) is 0 Å². The first-order valence-electron chi connectivity index (χ1n) is 6.44. The molecule has 6 heteroatoms. The second kappa shape index (κ2) is 8.05. The van der Waals surface area contributed by atoms with Gasteiger partial charge in [0.05, 0.1) is 12.8 Å². The van der Waals surface area contributed by atoms with Crippen molar-refractivity contribution in [3.05, 3.63) is 0 Å². The standard InChI is InChI=1S/C12H22N2O4/c13-7-5-11(15)17-9-1-2-10(4-3-9)18-12(16)6-8-14/h9-10H,1-8,13-14H2. The third kappa shape index (κ3) is 5.46. The molecule has 0 aromatic carbocycles. The Morgan fingerprint density at radius 1 is 0.833 bits per heavy atom. The van der Waals surface area contributed by atoms with Crippen molar-refractivity contribution >= 4 is 11.9 Å². The summed E-state index contributed by atoms with van der Waals surface area (Å²) in [5.74, 6) is -0.498. The molecule has 4 N–H and O–H groups in total. The minimum Gasteiger partial charge on any atom is -0.462 e. The molecule has 0 saturated heterocycles.